The van der Waals surface area contributed by atoms with E-state index in [-0.39, 0.29) is 11.7 Å². The highest BCUT2D eigenvalue weighted by molar-refractivity contribution is 8.13. The van der Waals surface area contributed by atoms with Gasteiger partial charge in [-0.15, -0.1) is 0 Å². The maximum atomic E-state index is 10.8. The Morgan fingerprint density at radius 1 is 1.07 bits per heavy atom. The van der Waals surface area contributed by atoms with E-state index in [1.807, 2.05) is 6.92 Å². The zero-order chi connectivity index (χ0) is 11.7. The zero-order valence-corrected chi connectivity index (χ0v) is 11.4. The van der Waals surface area contributed by atoms with Crippen molar-refractivity contribution < 1.29 is 8.42 Å². The Bertz CT molecular complexity index is 237. The van der Waals surface area contributed by atoms with E-state index < -0.39 is 9.05 Å². The lowest BCUT2D eigenvalue weighted by molar-refractivity contribution is 0.509. The summed E-state index contributed by atoms with van der Waals surface area (Å²) < 4.78 is 21.6. The minimum atomic E-state index is -3.30. The summed E-state index contributed by atoms with van der Waals surface area (Å²) in [5, 5.41) is 0. The molecule has 0 aliphatic rings. The van der Waals surface area contributed by atoms with Gasteiger partial charge in [-0.25, -0.2) is 8.42 Å². The first-order chi connectivity index (χ1) is 6.95. The van der Waals surface area contributed by atoms with E-state index >= 15 is 0 Å². The molecule has 2 nitrogen and oxygen atoms in total. The van der Waals surface area contributed by atoms with Crippen molar-refractivity contribution in [1.82, 2.24) is 0 Å². The van der Waals surface area contributed by atoms with E-state index in [9.17, 15) is 8.42 Å². The molecule has 0 fully saturated rings. The molecule has 0 spiro atoms. The van der Waals surface area contributed by atoms with Crippen LogP contribution in [0.4, 0.5) is 0 Å². The quantitative estimate of drug-likeness (QED) is 0.461. The van der Waals surface area contributed by atoms with Crippen molar-refractivity contribution in [3.05, 3.63) is 0 Å². The summed E-state index contributed by atoms with van der Waals surface area (Å²) in [5.74, 6) is 0.308. The van der Waals surface area contributed by atoms with Crippen LogP contribution in [0.2, 0.25) is 0 Å². The van der Waals surface area contributed by atoms with Gasteiger partial charge in [0.1, 0.15) is 0 Å². The van der Waals surface area contributed by atoms with Crippen molar-refractivity contribution in [3.63, 3.8) is 0 Å². The molecule has 15 heavy (non-hydrogen) atoms. The van der Waals surface area contributed by atoms with Crippen molar-refractivity contribution >= 4 is 19.7 Å². The van der Waals surface area contributed by atoms with E-state index in [1.54, 1.807) is 0 Å². The first-order valence-corrected chi connectivity index (χ1v) is 8.36. The standard InChI is InChI=1S/C11H23ClO2S/c1-3-4-5-6-7-8-9-11(2)10-15(12,13)14/h11H,3-10H2,1-2H3. The van der Waals surface area contributed by atoms with Gasteiger partial charge in [-0.3, -0.25) is 0 Å². The van der Waals surface area contributed by atoms with E-state index in [2.05, 4.69) is 6.92 Å². The number of hydrogen-bond donors (Lipinski definition) is 0. The van der Waals surface area contributed by atoms with Crippen LogP contribution in [0.25, 0.3) is 0 Å². The van der Waals surface area contributed by atoms with Crippen LogP contribution < -0.4 is 0 Å². The fourth-order valence-corrected chi connectivity index (χ4v) is 3.19. The Hall–Kier alpha value is 0.240. The number of hydrogen-bond acceptors (Lipinski definition) is 2. The van der Waals surface area contributed by atoms with Crippen LogP contribution in [0, 0.1) is 5.92 Å². The van der Waals surface area contributed by atoms with Crippen LogP contribution in [-0.4, -0.2) is 14.2 Å². The van der Waals surface area contributed by atoms with Gasteiger partial charge in [-0.1, -0.05) is 52.4 Å². The van der Waals surface area contributed by atoms with Gasteiger partial charge in [0, 0.05) is 10.7 Å². The summed E-state index contributed by atoms with van der Waals surface area (Å²) in [5.41, 5.74) is 0. The van der Waals surface area contributed by atoms with Gasteiger partial charge < -0.3 is 0 Å². The van der Waals surface area contributed by atoms with Gasteiger partial charge in [-0.05, 0) is 12.3 Å². The lowest BCUT2D eigenvalue weighted by atomic mass is 10.0. The molecule has 0 aromatic rings. The molecule has 0 amide bonds. The van der Waals surface area contributed by atoms with Gasteiger partial charge in [0.2, 0.25) is 9.05 Å². The summed E-state index contributed by atoms with van der Waals surface area (Å²) >= 11 is 0. The maximum absolute atomic E-state index is 10.8. The van der Waals surface area contributed by atoms with E-state index in [1.165, 1.54) is 32.1 Å². The minimum absolute atomic E-state index is 0.115. The first-order valence-electron chi connectivity index (χ1n) is 5.88. The van der Waals surface area contributed by atoms with Crippen molar-refractivity contribution in [2.24, 2.45) is 5.92 Å². The van der Waals surface area contributed by atoms with Crippen molar-refractivity contribution in [3.8, 4) is 0 Å². The first kappa shape index (κ1) is 15.2. The number of unbranched alkanes of at least 4 members (excludes halogenated alkanes) is 5. The molecule has 0 aromatic heterocycles. The summed E-state index contributed by atoms with van der Waals surface area (Å²) in [6, 6.07) is 0. The normalized spacial score (nSPS) is 14.1. The summed E-state index contributed by atoms with van der Waals surface area (Å²) in [6.45, 7) is 4.15. The van der Waals surface area contributed by atoms with Gasteiger partial charge in [0.05, 0.1) is 5.75 Å². The lowest BCUT2D eigenvalue weighted by Gasteiger charge is -2.08. The molecule has 0 aliphatic carbocycles. The zero-order valence-electron chi connectivity index (χ0n) is 9.84. The lowest BCUT2D eigenvalue weighted by Crippen LogP contribution is -2.08. The molecule has 0 rings (SSSR count). The van der Waals surface area contributed by atoms with Gasteiger partial charge >= 0.3 is 0 Å². The molecule has 0 aromatic carbocycles. The molecule has 92 valence electrons. The molecule has 1 unspecified atom stereocenters. The van der Waals surface area contributed by atoms with Crippen LogP contribution in [0.1, 0.15) is 58.8 Å². The largest absolute Gasteiger partial charge is 0.232 e. The second kappa shape index (κ2) is 8.40. The van der Waals surface area contributed by atoms with Crippen molar-refractivity contribution in [2.75, 3.05) is 5.75 Å². The molecule has 0 saturated heterocycles. The van der Waals surface area contributed by atoms with Gasteiger partial charge in [0.15, 0.2) is 0 Å². The third-order valence-electron chi connectivity index (χ3n) is 2.53. The van der Waals surface area contributed by atoms with Crippen LogP contribution in [0.3, 0.4) is 0 Å². The molecule has 0 heterocycles. The highest BCUT2D eigenvalue weighted by Gasteiger charge is 2.11. The highest BCUT2D eigenvalue weighted by atomic mass is 35.7. The fraction of sp³-hybridized carbons (Fsp3) is 1.00. The number of halogens is 1. The average Bonchev–Trinajstić information content (AvgIpc) is 2.08. The highest BCUT2D eigenvalue weighted by Crippen LogP contribution is 2.15. The number of rotatable bonds is 9. The van der Waals surface area contributed by atoms with Gasteiger partial charge in [-0.2, -0.15) is 0 Å². The van der Waals surface area contributed by atoms with Crippen molar-refractivity contribution in [2.45, 2.75) is 58.8 Å². The third kappa shape index (κ3) is 12.2. The van der Waals surface area contributed by atoms with E-state index in [4.69, 9.17) is 10.7 Å². The molecule has 1 atom stereocenters. The Balaban J connectivity index is 3.36. The third-order valence-corrected chi connectivity index (χ3v) is 3.88. The molecule has 0 saturated carbocycles. The molecular weight excluding hydrogens is 232 g/mol. The summed E-state index contributed by atoms with van der Waals surface area (Å²) in [6.07, 6.45) is 8.46. The molecular formula is C11H23ClO2S. The van der Waals surface area contributed by atoms with E-state index in [0.29, 0.717) is 0 Å². The van der Waals surface area contributed by atoms with Crippen LogP contribution >= 0.6 is 10.7 Å². The molecule has 4 heteroatoms. The maximum Gasteiger partial charge on any atom is 0.232 e. The monoisotopic (exact) mass is 254 g/mol. The smallest absolute Gasteiger partial charge is 0.212 e. The fourth-order valence-electron chi connectivity index (χ4n) is 1.70. The van der Waals surface area contributed by atoms with Crippen LogP contribution in [-0.2, 0) is 9.05 Å². The summed E-state index contributed by atoms with van der Waals surface area (Å²) in [7, 11) is 1.88. The predicted molar refractivity (Wildman–Crippen MR) is 66.8 cm³/mol. The average molecular weight is 255 g/mol. The minimum Gasteiger partial charge on any atom is -0.212 e. The Morgan fingerprint density at radius 2 is 1.60 bits per heavy atom. The van der Waals surface area contributed by atoms with Crippen LogP contribution in [0.5, 0.6) is 0 Å². The topological polar surface area (TPSA) is 34.1 Å². The summed E-state index contributed by atoms with van der Waals surface area (Å²) in [4.78, 5) is 0. The van der Waals surface area contributed by atoms with Gasteiger partial charge in [0.25, 0.3) is 0 Å². The molecule has 0 bridgehead atoms. The molecule has 0 radical (unpaired) electrons. The second-order valence-corrected chi connectivity index (χ2v) is 7.19. The Morgan fingerprint density at radius 3 is 2.13 bits per heavy atom. The second-order valence-electron chi connectivity index (χ2n) is 4.37. The molecule has 0 aliphatic heterocycles. The van der Waals surface area contributed by atoms with Crippen molar-refractivity contribution in [1.29, 1.82) is 0 Å². The molecule has 0 N–H and O–H groups in total. The SMILES string of the molecule is CCCCCCCCC(C)CS(=O)(=O)Cl. The van der Waals surface area contributed by atoms with Crippen LogP contribution in [0.15, 0.2) is 0 Å². The van der Waals surface area contributed by atoms with E-state index in [0.717, 1.165) is 12.8 Å². The Labute approximate surface area is 98.8 Å². The Kier molecular flexibility index (Phi) is 8.53. The predicted octanol–water partition coefficient (Wildman–Crippen LogP) is 3.94.